The van der Waals surface area contributed by atoms with Crippen LogP contribution in [-0.4, -0.2) is 48.2 Å². The zero-order valence-corrected chi connectivity index (χ0v) is 13.0. The SMILES string of the molecule is CS(=O)(=O)N1CCC(C(=O)Oc2ccc3[nH]ncc3c2)CC1. The minimum atomic E-state index is -3.18. The van der Waals surface area contributed by atoms with Crippen molar-refractivity contribution in [3.63, 3.8) is 0 Å². The molecule has 1 aliphatic rings. The van der Waals surface area contributed by atoms with Gasteiger partial charge in [-0.15, -0.1) is 0 Å². The fourth-order valence-corrected chi connectivity index (χ4v) is 3.48. The van der Waals surface area contributed by atoms with Crippen molar-refractivity contribution in [2.75, 3.05) is 19.3 Å². The zero-order chi connectivity index (χ0) is 15.7. The molecule has 1 saturated heterocycles. The van der Waals surface area contributed by atoms with E-state index in [-0.39, 0.29) is 11.9 Å². The number of fused-ring (bicyclic) bond motifs is 1. The number of ether oxygens (including phenoxy) is 1. The van der Waals surface area contributed by atoms with Crippen LogP contribution >= 0.6 is 0 Å². The Labute approximate surface area is 128 Å². The number of esters is 1. The van der Waals surface area contributed by atoms with E-state index < -0.39 is 10.0 Å². The van der Waals surface area contributed by atoms with E-state index in [9.17, 15) is 13.2 Å². The number of sulfonamides is 1. The summed E-state index contributed by atoms with van der Waals surface area (Å²) in [5.41, 5.74) is 0.876. The van der Waals surface area contributed by atoms with Gasteiger partial charge >= 0.3 is 5.97 Å². The number of rotatable bonds is 3. The van der Waals surface area contributed by atoms with Gasteiger partial charge in [0, 0.05) is 18.5 Å². The van der Waals surface area contributed by atoms with Crippen LogP contribution < -0.4 is 4.74 Å². The summed E-state index contributed by atoms with van der Waals surface area (Å²) in [6, 6.07) is 5.27. The Hall–Kier alpha value is -1.93. The van der Waals surface area contributed by atoms with Crippen LogP contribution in [0.1, 0.15) is 12.8 Å². The van der Waals surface area contributed by atoms with E-state index in [1.165, 1.54) is 10.6 Å². The molecule has 0 saturated carbocycles. The van der Waals surface area contributed by atoms with Gasteiger partial charge in [-0.1, -0.05) is 0 Å². The first-order valence-electron chi connectivity index (χ1n) is 7.03. The van der Waals surface area contributed by atoms with Crippen LogP contribution in [0.25, 0.3) is 10.9 Å². The highest BCUT2D eigenvalue weighted by Gasteiger charge is 2.30. The molecule has 0 radical (unpaired) electrons. The largest absolute Gasteiger partial charge is 0.426 e. The summed E-state index contributed by atoms with van der Waals surface area (Å²) in [5.74, 6) is -0.0986. The molecule has 1 aromatic heterocycles. The molecule has 0 bridgehead atoms. The first-order valence-corrected chi connectivity index (χ1v) is 8.88. The third kappa shape index (κ3) is 3.12. The van der Waals surface area contributed by atoms with Crippen molar-refractivity contribution in [2.24, 2.45) is 5.92 Å². The van der Waals surface area contributed by atoms with Gasteiger partial charge in [0.05, 0.1) is 23.9 Å². The molecule has 22 heavy (non-hydrogen) atoms. The number of carbonyl (C=O) groups is 1. The molecule has 0 aliphatic carbocycles. The summed E-state index contributed by atoms with van der Waals surface area (Å²) in [5, 5.41) is 7.62. The molecule has 3 rings (SSSR count). The first kappa shape index (κ1) is 15.0. The Balaban J connectivity index is 1.63. The fourth-order valence-electron chi connectivity index (χ4n) is 2.61. The molecule has 1 aromatic carbocycles. The van der Waals surface area contributed by atoms with E-state index >= 15 is 0 Å². The predicted octanol–water partition coefficient (Wildman–Crippen LogP) is 1.14. The average molecular weight is 323 g/mol. The molecule has 1 aliphatic heterocycles. The lowest BCUT2D eigenvalue weighted by Crippen LogP contribution is -2.40. The first-order chi connectivity index (χ1) is 10.4. The smallest absolute Gasteiger partial charge is 0.314 e. The van der Waals surface area contributed by atoms with Gasteiger partial charge in [-0.05, 0) is 31.0 Å². The van der Waals surface area contributed by atoms with Gasteiger partial charge in [0.25, 0.3) is 0 Å². The van der Waals surface area contributed by atoms with Gasteiger partial charge in [0.2, 0.25) is 10.0 Å². The van der Waals surface area contributed by atoms with Crippen LogP contribution in [0.4, 0.5) is 0 Å². The number of hydrogen-bond acceptors (Lipinski definition) is 5. The van der Waals surface area contributed by atoms with Gasteiger partial charge in [-0.25, -0.2) is 12.7 Å². The molecule has 1 fully saturated rings. The monoisotopic (exact) mass is 323 g/mol. The Morgan fingerprint density at radius 3 is 2.77 bits per heavy atom. The van der Waals surface area contributed by atoms with Gasteiger partial charge in [-0.2, -0.15) is 5.10 Å². The molecule has 0 unspecified atom stereocenters. The number of aromatic amines is 1. The number of nitrogens with one attached hydrogen (secondary N) is 1. The standard InChI is InChI=1S/C14H17N3O4S/c1-22(19,20)17-6-4-10(5-7-17)14(18)21-12-2-3-13-11(8-12)9-15-16-13/h2-3,8-10H,4-7H2,1H3,(H,15,16). The van der Waals surface area contributed by atoms with Gasteiger partial charge in [-0.3, -0.25) is 9.89 Å². The van der Waals surface area contributed by atoms with Crippen molar-refractivity contribution < 1.29 is 17.9 Å². The summed E-state index contributed by atoms with van der Waals surface area (Å²) in [6.45, 7) is 0.721. The quantitative estimate of drug-likeness (QED) is 0.675. The second-order valence-electron chi connectivity index (χ2n) is 5.48. The molecule has 2 heterocycles. The van der Waals surface area contributed by atoms with Crippen molar-refractivity contribution in [2.45, 2.75) is 12.8 Å². The Morgan fingerprint density at radius 2 is 2.09 bits per heavy atom. The van der Waals surface area contributed by atoms with Crippen molar-refractivity contribution in [1.82, 2.24) is 14.5 Å². The Kier molecular flexibility index (Phi) is 3.88. The van der Waals surface area contributed by atoms with Crippen LogP contribution in [0.5, 0.6) is 5.75 Å². The van der Waals surface area contributed by atoms with Crippen molar-refractivity contribution >= 4 is 26.9 Å². The predicted molar refractivity (Wildman–Crippen MR) is 80.9 cm³/mol. The minimum absolute atomic E-state index is 0.266. The van der Waals surface area contributed by atoms with E-state index in [0.29, 0.717) is 31.7 Å². The number of aromatic nitrogens is 2. The van der Waals surface area contributed by atoms with Crippen molar-refractivity contribution in [3.05, 3.63) is 24.4 Å². The summed E-state index contributed by atoms with van der Waals surface area (Å²) >= 11 is 0. The number of nitrogens with zero attached hydrogens (tertiary/aromatic N) is 2. The lowest BCUT2D eigenvalue weighted by atomic mass is 9.98. The number of piperidine rings is 1. The maximum Gasteiger partial charge on any atom is 0.314 e. The maximum absolute atomic E-state index is 12.2. The lowest BCUT2D eigenvalue weighted by molar-refractivity contribution is -0.140. The van der Waals surface area contributed by atoms with Gasteiger partial charge < -0.3 is 4.74 Å². The zero-order valence-electron chi connectivity index (χ0n) is 12.2. The number of H-pyrrole nitrogens is 1. The highest BCUT2D eigenvalue weighted by atomic mass is 32.2. The third-order valence-electron chi connectivity index (χ3n) is 3.89. The Morgan fingerprint density at radius 1 is 1.36 bits per heavy atom. The molecule has 118 valence electrons. The van der Waals surface area contributed by atoms with E-state index in [0.717, 1.165) is 10.9 Å². The second kappa shape index (κ2) is 5.69. The minimum Gasteiger partial charge on any atom is -0.426 e. The molecule has 0 spiro atoms. The molecular formula is C14H17N3O4S. The Bertz CT molecular complexity index is 791. The van der Waals surface area contributed by atoms with E-state index in [1.807, 2.05) is 0 Å². The van der Waals surface area contributed by atoms with Crippen LogP contribution in [0.3, 0.4) is 0 Å². The van der Waals surface area contributed by atoms with Crippen LogP contribution in [-0.2, 0) is 14.8 Å². The van der Waals surface area contributed by atoms with Crippen molar-refractivity contribution in [1.29, 1.82) is 0 Å². The molecular weight excluding hydrogens is 306 g/mol. The molecule has 2 aromatic rings. The molecule has 1 N–H and O–H groups in total. The number of hydrogen-bond donors (Lipinski definition) is 1. The summed E-state index contributed by atoms with van der Waals surface area (Å²) in [6.07, 6.45) is 3.82. The van der Waals surface area contributed by atoms with Crippen molar-refractivity contribution in [3.8, 4) is 5.75 Å². The third-order valence-corrected chi connectivity index (χ3v) is 5.19. The molecule has 8 heteroatoms. The molecule has 0 amide bonds. The van der Waals surface area contributed by atoms with Gasteiger partial charge in [0.15, 0.2) is 0 Å². The fraction of sp³-hybridized carbons (Fsp3) is 0.429. The topological polar surface area (TPSA) is 92.4 Å². The normalized spacial score (nSPS) is 17.7. The maximum atomic E-state index is 12.2. The van der Waals surface area contributed by atoms with Crippen LogP contribution in [0.15, 0.2) is 24.4 Å². The summed E-state index contributed by atoms with van der Waals surface area (Å²) < 4.78 is 29.7. The van der Waals surface area contributed by atoms with Crippen LogP contribution in [0.2, 0.25) is 0 Å². The second-order valence-corrected chi connectivity index (χ2v) is 7.46. The lowest BCUT2D eigenvalue weighted by Gasteiger charge is -2.28. The summed E-state index contributed by atoms with van der Waals surface area (Å²) in [4.78, 5) is 12.2. The van der Waals surface area contributed by atoms with E-state index in [4.69, 9.17) is 4.74 Å². The number of benzene rings is 1. The average Bonchev–Trinajstić information content (AvgIpc) is 2.94. The van der Waals surface area contributed by atoms with Gasteiger partial charge in [0.1, 0.15) is 5.75 Å². The molecule has 7 nitrogen and oxygen atoms in total. The number of carbonyl (C=O) groups excluding carboxylic acids is 1. The van der Waals surface area contributed by atoms with E-state index in [2.05, 4.69) is 10.2 Å². The highest BCUT2D eigenvalue weighted by molar-refractivity contribution is 7.88. The van der Waals surface area contributed by atoms with Crippen LogP contribution in [0, 0.1) is 5.92 Å². The highest BCUT2D eigenvalue weighted by Crippen LogP contribution is 2.24. The summed E-state index contributed by atoms with van der Waals surface area (Å²) in [7, 11) is -3.18. The van der Waals surface area contributed by atoms with E-state index in [1.54, 1.807) is 24.4 Å². The molecule has 0 atom stereocenters.